The summed E-state index contributed by atoms with van der Waals surface area (Å²) in [6.07, 6.45) is 1.12. The number of sulfonamides is 1. The van der Waals surface area contributed by atoms with Crippen molar-refractivity contribution in [2.45, 2.75) is 29.7 Å². The van der Waals surface area contributed by atoms with E-state index in [0.717, 1.165) is 16.1 Å². The Balaban J connectivity index is 1.90. The van der Waals surface area contributed by atoms with Crippen molar-refractivity contribution in [3.8, 4) is 11.5 Å². The number of nitrogens with zero attached hydrogens (tertiary/aromatic N) is 1. The van der Waals surface area contributed by atoms with Gasteiger partial charge in [0, 0.05) is 12.3 Å². The zero-order chi connectivity index (χ0) is 27.4. The first-order valence-corrected chi connectivity index (χ1v) is 14.6. The standard InChI is InChI=1S/C26H30N2O7S2/c1-18-6-10-21(11-7-18)28(37(32,33)23-14-15-24(34-3)25(16-23)35-4)17-26(29)27-19(2)20-8-12-22(13-9-20)36(5,30)31/h6-16,19H,17H2,1-5H3,(H,27,29). The van der Waals surface area contributed by atoms with Crippen molar-refractivity contribution in [3.63, 3.8) is 0 Å². The summed E-state index contributed by atoms with van der Waals surface area (Å²) in [6.45, 7) is 3.12. The van der Waals surface area contributed by atoms with Gasteiger partial charge in [-0.3, -0.25) is 9.10 Å². The van der Waals surface area contributed by atoms with Crippen LogP contribution in [0.1, 0.15) is 24.1 Å². The number of hydrogen-bond acceptors (Lipinski definition) is 7. The number of carbonyl (C=O) groups excluding carboxylic acids is 1. The molecule has 11 heteroatoms. The fourth-order valence-electron chi connectivity index (χ4n) is 3.63. The zero-order valence-corrected chi connectivity index (χ0v) is 22.9. The molecule has 3 aromatic rings. The third-order valence-corrected chi connectivity index (χ3v) is 8.64. The van der Waals surface area contributed by atoms with Gasteiger partial charge in [0.2, 0.25) is 5.91 Å². The molecular weight excluding hydrogens is 516 g/mol. The van der Waals surface area contributed by atoms with Gasteiger partial charge in [-0.15, -0.1) is 0 Å². The Morgan fingerprint density at radius 3 is 1.97 bits per heavy atom. The molecule has 0 aliphatic carbocycles. The van der Waals surface area contributed by atoms with Crippen LogP contribution in [0.15, 0.2) is 76.5 Å². The third kappa shape index (κ3) is 6.60. The van der Waals surface area contributed by atoms with Gasteiger partial charge in [-0.2, -0.15) is 0 Å². The van der Waals surface area contributed by atoms with E-state index in [9.17, 15) is 21.6 Å². The smallest absolute Gasteiger partial charge is 0.264 e. The maximum absolute atomic E-state index is 13.7. The topological polar surface area (TPSA) is 119 Å². The lowest BCUT2D eigenvalue weighted by Crippen LogP contribution is -2.41. The Morgan fingerprint density at radius 1 is 0.865 bits per heavy atom. The van der Waals surface area contributed by atoms with Gasteiger partial charge in [-0.05, 0) is 55.8 Å². The molecule has 0 heterocycles. The van der Waals surface area contributed by atoms with Crippen molar-refractivity contribution in [1.29, 1.82) is 0 Å². The first-order valence-electron chi connectivity index (χ1n) is 11.3. The molecule has 1 N–H and O–H groups in total. The van der Waals surface area contributed by atoms with Crippen LogP contribution >= 0.6 is 0 Å². The van der Waals surface area contributed by atoms with E-state index < -0.39 is 38.4 Å². The van der Waals surface area contributed by atoms with Crippen LogP contribution < -0.4 is 19.1 Å². The molecule has 0 radical (unpaired) electrons. The SMILES string of the molecule is COc1ccc(S(=O)(=O)N(CC(=O)NC(C)c2ccc(S(C)(=O)=O)cc2)c2ccc(C)cc2)cc1OC. The van der Waals surface area contributed by atoms with Crippen LogP contribution in [0, 0.1) is 6.92 Å². The second kappa shape index (κ2) is 11.2. The molecule has 37 heavy (non-hydrogen) atoms. The van der Waals surface area contributed by atoms with Crippen molar-refractivity contribution in [2.24, 2.45) is 0 Å². The van der Waals surface area contributed by atoms with E-state index >= 15 is 0 Å². The zero-order valence-electron chi connectivity index (χ0n) is 21.3. The first-order chi connectivity index (χ1) is 17.4. The lowest BCUT2D eigenvalue weighted by atomic mass is 10.1. The van der Waals surface area contributed by atoms with Gasteiger partial charge >= 0.3 is 0 Å². The second-order valence-electron chi connectivity index (χ2n) is 8.49. The molecule has 198 valence electrons. The molecule has 0 spiro atoms. The number of sulfone groups is 1. The molecule has 9 nitrogen and oxygen atoms in total. The van der Waals surface area contributed by atoms with Gasteiger partial charge in [0.1, 0.15) is 6.54 Å². The first kappa shape index (κ1) is 28.0. The van der Waals surface area contributed by atoms with E-state index in [0.29, 0.717) is 17.0 Å². The van der Waals surface area contributed by atoms with Crippen LogP contribution in [0.3, 0.4) is 0 Å². The van der Waals surface area contributed by atoms with Crippen LogP contribution in [-0.4, -0.2) is 49.8 Å². The van der Waals surface area contributed by atoms with Crippen molar-refractivity contribution >= 4 is 31.5 Å². The Bertz CT molecular complexity index is 1470. The number of rotatable bonds is 10. The average molecular weight is 547 g/mol. The predicted octanol–water partition coefficient (Wildman–Crippen LogP) is 3.49. The van der Waals surface area contributed by atoms with Gasteiger partial charge in [0.05, 0.1) is 35.7 Å². The maximum Gasteiger partial charge on any atom is 0.264 e. The normalized spacial score (nSPS) is 12.5. The highest BCUT2D eigenvalue weighted by atomic mass is 32.2. The molecule has 0 aliphatic heterocycles. The fourth-order valence-corrected chi connectivity index (χ4v) is 5.70. The summed E-state index contributed by atoms with van der Waals surface area (Å²) in [5.74, 6) is 0.0733. The number of anilines is 1. The lowest BCUT2D eigenvalue weighted by Gasteiger charge is -2.25. The van der Waals surface area contributed by atoms with Crippen LogP contribution in [0.5, 0.6) is 11.5 Å². The molecule has 1 unspecified atom stereocenters. The minimum Gasteiger partial charge on any atom is -0.493 e. The number of nitrogens with one attached hydrogen (secondary N) is 1. The predicted molar refractivity (Wildman–Crippen MR) is 141 cm³/mol. The van der Waals surface area contributed by atoms with Crippen molar-refractivity contribution in [1.82, 2.24) is 5.32 Å². The summed E-state index contributed by atoms with van der Waals surface area (Å²) >= 11 is 0. The van der Waals surface area contributed by atoms with Gasteiger partial charge < -0.3 is 14.8 Å². The largest absolute Gasteiger partial charge is 0.493 e. The Labute approximate surface area is 218 Å². The molecular formula is C26H30N2O7S2. The highest BCUT2D eigenvalue weighted by molar-refractivity contribution is 7.93. The van der Waals surface area contributed by atoms with Gasteiger partial charge in [-0.25, -0.2) is 16.8 Å². The summed E-state index contributed by atoms with van der Waals surface area (Å²) in [5, 5.41) is 2.79. The van der Waals surface area contributed by atoms with Crippen molar-refractivity contribution in [3.05, 3.63) is 77.9 Å². The summed E-state index contributed by atoms with van der Waals surface area (Å²) in [4.78, 5) is 13.1. The van der Waals surface area contributed by atoms with Crippen LogP contribution in [-0.2, 0) is 24.7 Å². The minimum absolute atomic E-state index is 0.0667. The van der Waals surface area contributed by atoms with E-state index in [1.165, 1.54) is 44.6 Å². The molecule has 3 rings (SSSR count). The molecule has 0 fully saturated rings. The third-order valence-electron chi connectivity index (χ3n) is 5.74. The van der Waals surface area contributed by atoms with Crippen LogP contribution in [0.2, 0.25) is 0 Å². The quantitative estimate of drug-likeness (QED) is 0.413. The Morgan fingerprint density at radius 2 is 1.43 bits per heavy atom. The molecule has 0 saturated carbocycles. The van der Waals surface area contributed by atoms with Gasteiger partial charge in [-0.1, -0.05) is 29.8 Å². The minimum atomic E-state index is -4.17. The number of aryl methyl sites for hydroxylation is 1. The summed E-state index contributed by atoms with van der Waals surface area (Å²) in [7, 11) is -4.66. The van der Waals surface area contributed by atoms with E-state index in [4.69, 9.17) is 9.47 Å². The molecule has 1 atom stereocenters. The Hall–Kier alpha value is -3.57. The van der Waals surface area contributed by atoms with Crippen LogP contribution in [0.4, 0.5) is 5.69 Å². The fraction of sp³-hybridized carbons (Fsp3) is 0.269. The van der Waals surface area contributed by atoms with Crippen molar-refractivity contribution < 1.29 is 31.1 Å². The summed E-state index contributed by atoms with van der Waals surface area (Å²) < 4.78 is 62.3. The van der Waals surface area contributed by atoms with E-state index in [1.54, 1.807) is 43.3 Å². The highest BCUT2D eigenvalue weighted by Gasteiger charge is 2.29. The monoisotopic (exact) mass is 546 g/mol. The maximum atomic E-state index is 13.7. The number of amides is 1. The molecule has 0 aliphatic rings. The van der Waals surface area contributed by atoms with E-state index in [2.05, 4.69) is 5.32 Å². The molecule has 3 aromatic carbocycles. The molecule has 0 bridgehead atoms. The van der Waals surface area contributed by atoms with Gasteiger partial charge in [0.25, 0.3) is 10.0 Å². The highest BCUT2D eigenvalue weighted by Crippen LogP contribution is 2.32. The Kier molecular flexibility index (Phi) is 8.49. The van der Waals surface area contributed by atoms with Crippen LogP contribution in [0.25, 0.3) is 0 Å². The second-order valence-corrected chi connectivity index (χ2v) is 12.4. The lowest BCUT2D eigenvalue weighted by molar-refractivity contribution is -0.120. The number of benzene rings is 3. The number of methoxy groups -OCH3 is 2. The average Bonchev–Trinajstić information content (AvgIpc) is 2.86. The number of ether oxygens (including phenoxy) is 2. The molecule has 1 amide bonds. The number of hydrogen-bond donors (Lipinski definition) is 1. The summed E-state index contributed by atoms with van der Waals surface area (Å²) in [5.41, 5.74) is 1.92. The molecule has 0 aromatic heterocycles. The summed E-state index contributed by atoms with van der Waals surface area (Å²) in [6, 6.07) is 16.7. The molecule has 0 saturated heterocycles. The van der Waals surface area contributed by atoms with Crippen molar-refractivity contribution in [2.75, 3.05) is 31.3 Å². The van der Waals surface area contributed by atoms with E-state index in [-0.39, 0.29) is 15.5 Å². The van der Waals surface area contributed by atoms with Gasteiger partial charge in [0.15, 0.2) is 21.3 Å². The number of carbonyl (C=O) groups is 1. The van der Waals surface area contributed by atoms with E-state index in [1.807, 2.05) is 6.92 Å².